The second-order valence-electron chi connectivity index (χ2n) is 3.36. The van der Waals surface area contributed by atoms with E-state index in [1.807, 2.05) is 0 Å². The summed E-state index contributed by atoms with van der Waals surface area (Å²) in [5, 5.41) is 3.24. The summed E-state index contributed by atoms with van der Waals surface area (Å²) < 4.78 is 5.65. The zero-order valence-electron chi connectivity index (χ0n) is 7.47. The molecule has 2 rings (SSSR count). The Labute approximate surface area is 73.0 Å². The Balaban J connectivity index is 1.93. The van der Waals surface area contributed by atoms with Crippen LogP contribution in [0.25, 0.3) is 0 Å². The van der Waals surface area contributed by atoms with Crippen molar-refractivity contribution < 1.29 is 4.42 Å². The standard InChI is InChI=1S/C10H15NO/c1-2-11-7-9-5-6-10(12-9)8-3-4-8/h5-6,8,11H,2-4,7H2,1H3. The molecule has 2 nitrogen and oxygen atoms in total. The highest BCUT2D eigenvalue weighted by atomic mass is 16.3. The van der Waals surface area contributed by atoms with E-state index < -0.39 is 0 Å². The van der Waals surface area contributed by atoms with Gasteiger partial charge in [-0.1, -0.05) is 6.92 Å². The highest BCUT2D eigenvalue weighted by Gasteiger charge is 2.26. The minimum Gasteiger partial charge on any atom is -0.464 e. The molecule has 0 atom stereocenters. The maximum absolute atomic E-state index is 5.65. The molecule has 0 unspecified atom stereocenters. The topological polar surface area (TPSA) is 25.2 Å². The normalized spacial score (nSPS) is 16.8. The summed E-state index contributed by atoms with van der Waals surface area (Å²) in [6.07, 6.45) is 2.63. The SMILES string of the molecule is CCNCc1ccc(C2CC2)o1. The number of furan rings is 1. The Morgan fingerprint density at radius 1 is 1.50 bits per heavy atom. The van der Waals surface area contributed by atoms with Gasteiger partial charge in [0.25, 0.3) is 0 Å². The van der Waals surface area contributed by atoms with Gasteiger partial charge in [-0.3, -0.25) is 0 Å². The van der Waals surface area contributed by atoms with Gasteiger partial charge in [-0.05, 0) is 31.5 Å². The van der Waals surface area contributed by atoms with Gasteiger partial charge in [0, 0.05) is 5.92 Å². The fourth-order valence-electron chi connectivity index (χ4n) is 1.32. The summed E-state index contributed by atoms with van der Waals surface area (Å²) in [5.41, 5.74) is 0. The van der Waals surface area contributed by atoms with E-state index in [-0.39, 0.29) is 0 Å². The highest BCUT2D eigenvalue weighted by Crippen LogP contribution is 2.40. The number of hydrogen-bond acceptors (Lipinski definition) is 2. The van der Waals surface area contributed by atoms with Gasteiger partial charge in [0.2, 0.25) is 0 Å². The van der Waals surface area contributed by atoms with Crippen LogP contribution >= 0.6 is 0 Å². The molecule has 0 spiro atoms. The summed E-state index contributed by atoms with van der Waals surface area (Å²) in [7, 11) is 0. The van der Waals surface area contributed by atoms with E-state index in [0.717, 1.165) is 24.8 Å². The molecule has 0 bridgehead atoms. The lowest BCUT2D eigenvalue weighted by molar-refractivity contribution is 0.451. The molecule has 1 fully saturated rings. The highest BCUT2D eigenvalue weighted by molar-refractivity contribution is 5.15. The molecule has 0 amide bonds. The van der Waals surface area contributed by atoms with Gasteiger partial charge in [0.15, 0.2) is 0 Å². The van der Waals surface area contributed by atoms with Gasteiger partial charge in [-0.25, -0.2) is 0 Å². The van der Waals surface area contributed by atoms with Gasteiger partial charge >= 0.3 is 0 Å². The van der Waals surface area contributed by atoms with Gasteiger partial charge in [-0.2, -0.15) is 0 Å². The van der Waals surface area contributed by atoms with E-state index in [1.54, 1.807) is 0 Å². The Morgan fingerprint density at radius 2 is 2.33 bits per heavy atom. The summed E-state index contributed by atoms with van der Waals surface area (Å²) in [6.45, 7) is 3.97. The van der Waals surface area contributed by atoms with Crippen molar-refractivity contribution in [1.29, 1.82) is 0 Å². The molecular formula is C10H15NO. The predicted molar refractivity (Wildman–Crippen MR) is 48.1 cm³/mol. The third kappa shape index (κ3) is 1.69. The Kier molecular flexibility index (Phi) is 2.17. The Morgan fingerprint density at radius 3 is 3.00 bits per heavy atom. The lowest BCUT2D eigenvalue weighted by Crippen LogP contribution is -2.10. The van der Waals surface area contributed by atoms with E-state index in [2.05, 4.69) is 24.4 Å². The Hall–Kier alpha value is -0.760. The molecule has 1 aliphatic rings. The zero-order valence-corrected chi connectivity index (χ0v) is 7.47. The molecule has 1 heterocycles. The van der Waals surface area contributed by atoms with E-state index in [0.29, 0.717) is 0 Å². The number of hydrogen-bond donors (Lipinski definition) is 1. The van der Waals surface area contributed by atoms with Crippen molar-refractivity contribution in [3.63, 3.8) is 0 Å². The van der Waals surface area contributed by atoms with Crippen molar-refractivity contribution in [3.05, 3.63) is 23.7 Å². The molecular weight excluding hydrogens is 150 g/mol. The molecule has 2 heteroatoms. The van der Waals surface area contributed by atoms with Crippen molar-refractivity contribution in [2.24, 2.45) is 0 Å². The smallest absolute Gasteiger partial charge is 0.117 e. The van der Waals surface area contributed by atoms with Crippen molar-refractivity contribution in [2.75, 3.05) is 6.54 Å². The van der Waals surface area contributed by atoms with E-state index in [9.17, 15) is 0 Å². The molecule has 12 heavy (non-hydrogen) atoms. The minimum atomic E-state index is 0.736. The van der Waals surface area contributed by atoms with Crippen LogP contribution in [0.5, 0.6) is 0 Å². The summed E-state index contributed by atoms with van der Waals surface area (Å²) in [6, 6.07) is 4.20. The van der Waals surface area contributed by atoms with Crippen LogP contribution in [-0.2, 0) is 6.54 Å². The van der Waals surface area contributed by atoms with Crippen LogP contribution < -0.4 is 5.32 Å². The zero-order chi connectivity index (χ0) is 8.39. The van der Waals surface area contributed by atoms with Crippen molar-refractivity contribution >= 4 is 0 Å². The monoisotopic (exact) mass is 165 g/mol. The largest absolute Gasteiger partial charge is 0.464 e. The van der Waals surface area contributed by atoms with Crippen LogP contribution in [0, 0.1) is 0 Å². The molecule has 1 saturated carbocycles. The van der Waals surface area contributed by atoms with Crippen LogP contribution in [0.2, 0.25) is 0 Å². The fourth-order valence-corrected chi connectivity index (χ4v) is 1.32. The van der Waals surface area contributed by atoms with Crippen molar-refractivity contribution in [1.82, 2.24) is 5.32 Å². The van der Waals surface area contributed by atoms with Crippen LogP contribution in [0.15, 0.2) is 16.5 Å². The first-order chi connectivity index (χ1) is 5.90. The van der Waals surface area contributed by atoms with Crippen molar-refractivity contribution in [2.45, 2.75) is 32.2 Å². The summed E-state index contributed by atoms with van der Waals surface area (Å²) >= 11 is 0. The van der Waals surface area contributed by atoms with Gasteiger partial charge in [0.1, 0.15) is 11.5 Å². The van der Waals surface area contributed by atoms with Gasteiger partial charge in [-0.15, -0.1) is 0 Å². The van der Waals surface area contributed by atoms with E-state index in [4.69, 9.17) is 4.42 Å². The average molecular weight is 165 g/mol. The van der Waals surface area contributed by atoms with E-state index >= 15 is 0 Å². The van der Waals surface area contributed by atoms with Crippen LogP contribution in [0.4, 0.5) is 0 Å². The maximum Gasteiger partial charge on any atom is 0.117 e. The van der Waals surface area contributed by atoms with Gasteiger partial charge in [0.05, 0.1) is 6.54 Å². The molecule has 0 radical (unpaired) electrons. The third-order valence-corrected chi connectivity index (χ3v) is 2.21. The van der Waals surface area contributed by atoms with Gasteiger partial charge < -0.3 is 9.73 Å². The molecule has 0 aliphatic heterocycles. The first-order valence-corrected chi connectivity index (χ1v) is 4.69. The molecule has 1 aliphatic carbocycles. The average Bonchev–Trinajstić information content (AvgIpc) is 2.83. The van der Waals surface area contributed by atoms with E-state index in [1.165, 1.54) is 18.6 Å². The lowest BCUT2D eigenvalue weighted by atomic mass is 10.3. The first kappa shape index (κ1) is 7.87. The molecule has 0 aromatic carbocycles. The molecule has 0 saturated heterocycles. The number of nitrogens with one attached hydrogen (secondary N) is 1. The third-order valence-electron chi connectivity index (χ3n) is 2.21. The molecule has 1 aromatic heterocycles. The summed E-state index contributed by atoms with van der Waals surface area (Å²) in [5.74, 6) is 2.99. The molecule has 1 N–H and O–H groups in total. The molecule has 1 aromatic rings. The Bertz CT molecular complexity index is 250. The first-order valence-electron chi connectivity index (χ1n) is 4.69. The maximum atomic E-state index is 5.65. The number of rotatable bonds is 4. The molecule has 66 valence electrons. The quantitative estimate of drug-likeness (QED) is 0.740. The minimum absolute atomic E-state index is 0.736. The second-order valence-corrected chi connectivity index (χ2v) is 3.36. The van der Waals surface area contributed by atoms with Crippen LogP contribution in [0.1, 0.15) is 37.2 Å². The van der Waals surface area contributed by atoms with Crippen LogP contribution in [-0.4, -0.2) is 6.54 Å². The second kappa shape index (κ2) is 3.31. The lowest BCUT2D eigenvalue weighted by Gasteiger charge is -1.96. The predicted octanol–water partition coefficient (Wildman–Crippen LogP) is 2.27. The van der Waals surface area contributed by atoms with Crippen LogP contribution in [0.3, 0.4) is 0 Å². The van der Waals surface area contributed by atoms with Crippen molar-refractivity contribution in [3.8, 4) is 0 Å². The fraction of sp³-hybridized carbons (Fsp3) is 0.600. The summed E-state index contributed by atoms with van der Waals surface area (Å²) in [4.78, 5) is 0.